The molecule has 0 unspecified atom stereocenters. The van der Waals surface area contributed by atoms with E-state index < -0.39 is 0 Å². The van der Waals surface area contributed by atoms with Gasteiger partial charge in [0.05, 0.1) is 0 Å². The number of rotatable bonds is 5. The van der Waals surface area contributed by atoms with Gasteiger partial charge in [-0.05, 0) is 49.1 Å². The molecule has 2 aliphatic rings. The molecule has 1 spiro atoms. The molecule has 0 bridgehead atoms. The zero-order valence-electron chi connectivity index (χ0n) is 17.0. The molecule has 0 aliphatic carbocycles. The van der Waals surface area contributed by atoms with Crippen molar-refractivity contribution in [2.24, 2.45) is 5.41 Å². The van der Waals surface area contributed by atoms with Gasteiger partial charge in [-0.15, -0.1) is 0 Å². The first-order valence-electron chi connectivity index (χ1n) is 10.2. The predicted octanol–water partition coefficient (Wildman–Crippen LogP) is 2.08. The molecule has 2 aliphatic heterocycles. The summed E-state index contributed by atoms with van der Waals surface area (Å²) in [6.45, 7) is 2.74. The summed E-state index contributed by atoms with van der Waals surface area (Å²) in [5, 5.41) is 6.89. The van der Waals surface area contributed by atoms with Crippen molar-refractivity contribution in [3.05, 3.63) is 54.1 Å². The fourth-order valence-electron chi connectivity index (χ4n) is 4.32. The number of likely N-dealkylation sites (tertiary alicyclic amines) is 2. The van der Waals surface area contributed by atoms with E-state index in [1.807, 2.05) is 40.3 Å². The Labute approximate surface area is 175 Å². The second-order valence-electron chi connectivity index (χ2n) is 7.96. The maximum absolute atomic E-state index is 12.5. The van der Waals surface area contributed by atoms with Gasteiger partial charge in [0, 0.05) is 68.7 Å². The maximum atomic E-state index is 12.5. The number of carboxylic acid groups (broad SMARTS) is 1. The Morgan fingerprint density at radius 2 is 1.93 bits per heavy atom. The number of piperidine rings is 1. The number of carbonyl (C=O) groups excluding carboxylic acids is 2. The number of H-pyrrole nitrogens is 1. The largest absolute Gasteiger partial charge is 0.483 e. The fraction of sp³-hybridized carbons (Fsp3) is 0.455. The second-order valence-corrected chi connectivity index (χ2v) is 7.96. The van der Waals surface area contributed by atoms with Crippen LogP contribution in [0.4, 0.5) is 0 Å². The van der Waals surface area contributed by atoms with Gasteiger partial charge >= 0.3 is 0 Å². The van der Waals surface area contributed by atoms with E-state index in [0.29, 0.717) is 19.4 Å². The topological polar surface area (TPSA) is 107 Å². The molecule has 2 aromatic heterocycles. The lowest BCUT2D eigenvalue weighted by Gasteiger charge is -2.39. The molecule has 2 saturated heterocycles. The molecule has 30 heavy (non-hydrogen) atoms. The number of nitrogens with one attached hydrogen (secondary N) is 1. The average Bonchev–Trinajstić information content (AvgIpc) is 3.37. The number of aromatic nitrogens is 2. The van der Waals surface area contributed by atoms with Crippen LogP contribution in [0, 0.1) is 5.41 Å². The molecule has 0 saturated carbocycles. The zero-order chi connectivity index (χ0) is 21.4. The van der Waals surface area contributed by atoms with Gasteiger partial charge in [-0.3, -0.25) is 19.4 Å². The van der Waals surface area contributed by atoms with E-state index >= 15 is 0 Å². The maximum Gasteiger partial charge on any atom is 0.290 e. The number of pyridine rings is 1. The number of aryl methyl sites for hydroxylation is 1. The molecular weight excluding hydrogens is 384 g/mol. The number of hydrogen-bond donors (Lipinski definition) is 2. The number of amides is 2. The standard InChI is InChI=1S/C21H26N4O2.CH2O2/c26-19(4-3-18-2-1-9-23-18)24-12-7-21(8-13-24)14-20(27)25(16-21)15-17-5-10-22-11-6-17;2-1-3/h1-2,5-6,9-11,23H,3-4,7-8,12-16H2;1H,(H,2,3). The quantitative estimate of drug-likeness (QED) is 0.732. The van der Waals surface area contributed by atoms with E-state index in [4.69, 9.17) is 9.90 Å². The molecule has 2 aromatic rings. The van der Waals surface area contributed by atoms with Crippen LogP contribution in [0.25, 0.3) is 0 Å². The van der Waals surface area contributed by atoms with Crippen LogP contribution in [0.2, 0.25) is 0 Å². The minimum atomic E-state index is -0.250. The summed E-state index contributed by atoms with van der Waals surface area (Å²) in [6, 6.07) is 7.90. The number of carbonyl (C=O) groups is 3. The minimum Gasteiger partial charge on any atom is -0.483 e. The Morgan fingerprint density at radius 1 is 1.23 bits per heavy atom. The van der Waals surface area contributed by atoms with Crippen molar-refractivity contribution >= 4 is 18.3 Å². The molecule has 0 radical (unpaired) electrons. The average molecular weight is 412 g/mol. The summed E-state index contributed by atoms with van der Waals surface area (Å²) in [5.74, 6) is 0.454. The third-order valence-electron chi connectivity index (χ3n) is 5.98. The van der Waals surface area contributed by atoms with E-state index in [0.717, 1.165) is 50.2 Å². The zero-order valence-corrected chi connectivity index (χ0v) is 17.0. The van der Waals surface area contributed by atoms with Crippen molar-refractivity contribution < 1.29 is 19.5 Å². The van der Waals surface area contributed by atoms with E-state index in [9.17, 15) is 9.59 Å². The molecule has 0 aromatic carbocycles. The van der Waals surface area contributed by atoms with E-state index in [1.165, 1.54) is 0 Å². The first-order valence-corrected chi connectivity index (χ1v) is 10.2. The molecule has 160 valence electrons. The summed E-state index contributed by atoms with van der Waals surface area (Å²) in [6.07, 6.45) is 9.17. The van der Waals surface area contributed by atoms with Crippen LogP contribution in [0.1, 0.15) is 36.9 Å². The fourth-order valence-corrected chi connectivity index (χ4v) is 4.32. The highest BCUT2D eigenvalue weighted by Crippen LogP contribution is 2.41. The van der Waals surface area contributed by atoms with Crippen LogP contribution in [-0.2, 0) is 27.3 Å². The van der Waals surface area contributed by atoms with Crippen LogP contribution in [0.15, 0.2) is 42.9 Å². The van der Waals surface area contributed by atoms with Gasteiger partial charge in [-0.1, -0.05) is 0 Å². The van der Waals surface area contributed by atoms with E-state index in [1.54, 1.807) is 12.4 Å². The van der Waals surface area contributed by atoms with Crippen LogP contribution in [0.5, 0.6) is 0 Å². The van der Waals surface area contributed by atoms with Gasteiger partial charge < -0.3 is 19.9 Å². The Kier molecular flexibility index (Phi) is 7.21. The molecule has 0 atom stereocenters. The number of nitrogens with zero attached hydrogens (tertiary/aromatic N) is 3. The second kappa shape index (κ2) is 10.0. The predicted molar refractivity (Wildman–Crippen MR) is 110 cm³/mol. The monoisotopic (exact) mass is 412 g/mol. The first-order chi connectivity index (χ1) is 14.5. The van der Waals surface area contributed by atoms with Crippen molar-refractivity contribution in [3.63, 3.8) is 0 Å². The van der Waals surface area contributed by atoms with Gasteiger partial charge in [0.15, 0.2) is 0 Å². The molecule has 2 N–H and O–H groups in total. The van der Waals surface area contributed by atoms with Crippen LogP contribution in [-0.4, -0.2) is 62.8 Å². The van der Waals surface area contributed by atoms with Crippen molar-refractivity contribution in [1.29, 1.82) is 0 Å². The van der Waals surface area contributed by atoms with E-state index in [-0.39, 0.29) is 23.7 Å². The highest BCUT2D eigenvalue weighted by molar-refractivity contribution is 5.80. The third kappa shape index (κ3) is 5.46. The highest BCUT2D eigenvalue weighted by atomic mass is 16.3. The Hall–Kier alpha value is -3.16. The third-order valence-corrected chi connectivity index (χ3v) is 5.98. The summed E-state index contributed by atoms with van der Waals surface area (Å²) in [5.41, 5.74) is 2.26. The SMILES string of the molecule is O=C(CCc1ccc[nH]1)N1CCC2(CC1)CC(=O)N(Cc1ccncc1)C2.O=CO. The Balaban J connectivity index is 0.000000806. The van der Waals surface area contributed by atoms with Crippen molar-refractivity contribution in [2.45, 2.75) is 38.6 Å². The van der Waals surface area contributed by atoms with Crippen LogP contribution in [0.3, 0.4) is 0 Å². The summed E-state index contributed by atoms with van der Waals surface area (Å²) < 4.78 is 0. The summed E-state index contributed by atoms with van der Waals surface area (Å²) in [7, 11) is 0. The van der Waals surface area contributed by atoms with Crippen molar-refractivity contribution in [2.75, 3.05) is 19.6 Å². The Morgan fingerprint density at radius 3 is 2.57 bits per heavy atom. The Bertz CT molecular complexity index is 830. The summed E-state index contributed by atoms with van der Waals surface area (Å²) in [4.78, 5) is 44.5. The summed E-state index contributed by atoms with van der Waals surface area (Å²) >= 11 is 0. The lowest BCUT2D eigenvalue weighted by Crippen LogP contribution is -2.44. The highest BCUT2D eigenvalue weighted by Gasteiger charge is 2.45. The van der Waals surface area contributed by atoms with Gasteiger partial charge in [0.2, 0.25) is 11.8 Å². The van der Waals surface area contributed by atoms with Crippen LogP contribution < -0.4 is 0 Å². The molecule has 8 heteroatoms. The van der Waals surface area contributed by atoms with Gasteiger partial charge in [0.25, 0.3) is 6.47 Å². The molecule has 2 fully saturated rings. The molecular formula is C22H28N4O4. The number of hydrogen-bond acceptors (Lipinski definition) is 4. The van der Waals surface area contributed by atoms with Crippen LogP contribution >= 0.6 is 0 Å². The smallest absolute Gasteiger partial charge is 0.290 e. The molecule has 8 nitrogen and oxygen atoms in total. The normalized spacial score (nSPS) is 17.5. The molecule has 4 rings (SSSR count). The van der Waals surface area contributed by atoms with Gasteiger partial charge in [-0.25, -0.2) is 0 Å². The lowest BCUT2D eigenvalue weighted by atomic mass is 9.77. The lowest BCUT2D eigenvalue weighted by molar-refractivity contribution is -0.133. The minimum absolute atomic E-state index is 0.0420. The van der Waals surface area contributed by atoms with Gasteiger partial charge in [-0.2, -0.15) is 0 Å². The molecule has 4 heterocycles. The van der Waals surface area contributed by atoms with E-state index in [2.05, 4.69) is 9.97 Å². The molecule has 2 amide bonds. The number of aromatic amines is 1. The van der Waals surface area contributed by atoms with Crippen molar-refractivity contribution in [1.82, 2.24) is 19.8 Å². The van der Waals surface area contributed by atoms with Crippen molar-refractivity contribution in [3.8, 4) is 0 Å². The first kappa shape index (κ1) is 21.5. The van der Waals surface area contributed by atoms with Gasteiger partial charge in [0.1, 0.15) is 0 Å².